The Morgan fingerprint density at radius 1 is 0.968 bits per heavy atom. The number of benzene rings is 2. The highest BCUT2D eigenvalue weighted by molar-refractivity contribution is 5.96. The van der Waals surface area contributed by atoms with Crippen LogP contribution in [0.15, 0.2) is 40.9 Å². The highest BCUT2D eigenvalue weighted by atomic mass is 16.5. The molecule has 9 nitrogen and oxygen atoms in total. The molecular formula is C22H23N3O6. The van der Waals surface area contributed by atoms with Gasteiger partial charge in [-0.3, -0.25) is 4.79 Å². The minimum Gasteiger partial charge on any atom is -0.496 e. The molecule has 1 aromatic heterocycles. The lowest BCUT2D eigenvalue weighted by molar-refractivity contribution is 0.0568. The Labute approximate surface area is 179 Å². The molecule has 0 N–H and O–H groups in total. The zero-order valence-electron chi connectivity index (χ0n) is 17.7. The predicted molar refractivity (Wildman–Crippen MR) is 111 cm³/mol. The van der Waals surface area contributed by atoms with Crippen molar-refractivity contribution in [3.63, 3.8) is 0 Å². The molecular weight excluding hydrogens is 402 g/mol. The lowest BCUT2D eigenvalue weighted by Crippen LogP contribution is -2.48. The minimum absolute atomic E-state index is 0.0260. The molecule has 1 saturated heterocycles. The van der Waals surface area contributed by atoms with Crippen molar-refractivity contribution in [1.82, 2.24) is 15.0 Å². The second-order valence-electron chi connectivity index (χ2n) is 6.98. The van der Waals surface area contributed by atoms with Crippen LogP contribution in [-0.4, -0.2) is 62.5 Å². The summed E-state index contributed by atoms with van der Waals surface area (Å²) in [5.74, 6) is 2.76. The van der Waals surface area contributed by atoms with Crippen LogP contribution in [0.1, 0.15) is 22.2 Å². The van der Waals surface area contributed by atoms with Gasteiger partial charge in [0, 0.05) is 18.7 Å². The van der Waals surface area contributed by atoms with E-state index in [2.05, 4.69) is 10.1 Å². The fourth-order valence-electron chi connectivity index (χ4n) is 3.53. The van der Waals surface area contributed by atoms with Gasteiger partial charge < -0.3 is 28.4 Å². The van der Waals surface area contributed by atoms with Crippen molar-refractivity contribution in [2.45, 2.75) is 5.92 Å². The number of hydrogen-bond donors (Lipinski definition) is 0. The van der Waals surface area contributed by atoms with Gasteiger partial charge in [-0.15, -0.1) is 0 Å². The number of carbonyl (C=O) groups is 1. The van der Waals surface area contributed by atoms with Crippen LogP contribution in [0.5, 0.6) is 23.0 Å². The largest absolute Gasteiger partial charge is 0.496 e. The molecule has 0 atom stereocenters. The van der Waals surface area contributed by atoms with Gasteiger partial charge in [0.2, 0.25) is 17.5 Å². The van der Waals surface area contributed by atoms with Crippen LogP contribution in [0, 0.1) is 0 Å². The fraction of sp³-hybridized carbons (Fsp3) is 0.318. The SMILES string of the molecule is COc1ccccc1-c1noc(C2CN(C(=O)c3cc(OC)c(OC)c(OC)c3)C2)n1. The topological polar surface area (TPSA) is 96.2 Å². The Balaban J connectivity index is 1.47. The molecule has 2 aromatic carbocycles. The molecule has 1 fully saturated rings. The molecule has 0 unspecified atom stereocenters. The van der Waals surface area contributed by atoms with E-state index in [-0.39, 0.29) is 11.8 Å². The van der Waals surface area contributed by atoms with Gasteiger partial charge in [0.1, 0.15) is 5.75 Å². The molecule has 0 bridgehead atoms. The molecule has 0 radical (unpaired) electrons. The van der Waals surface area contributed by atoms with E-state index in [0.29, 0.717) is 53.4 Å². The average Bonchev–Trinajstić information content (AvgIpc) is 3.26. The Morgan fingerprint density at radius 2 is 1.61 bits per heavy atom. The average molecular weight is 425 g/mol. The third-order valence-electron chi connectivity index (χ3n) is 5.22. The van der Waals surface area contributed by atoms with Gasteiger partial charge in [0.25, 0.3) is 5.91 Å². The quantitative estimate of drug-likeness (QED) is 0.570. The summed E-state index contributed by atoms with van der Waals surface area (Å²) in [5, 5.41) is 4.07. The molecule has 1 aliphatic rings. The number of hydrogen-bond acceptors (Lipinski definition) is 8. The molecule has 31 heavy (non-hydrogen) atoms. The Bertz CT molecular complexity index is 1070. The van der Waals surface area contributed by atoms with E-state index in [1.807, 2.05) is 24.3 Å². The van der Waals surface area contributed by atoms with Crippen molar-refractivity contribution in [2.75, 3.05) is 41.5 Å². The number of para-hydroxylation sites is 1. The summed E-state index contributed by atoms with van der Waals surface area (Å²) in [6, 6.07) is 10.8. The van der Waals surface area contributed by atoms with E-state index in [4.69, 9.17) is 23.5 Å². The molecule has 0 saturated carbocycles. The van der Waals surface area contributed by atoms with Gasteiger partial charge in [0.15, 0.2) is 11.5 Å². The van der Waals surface area contributed by atoms with Crippen molar-refractivity contribution in [3.05, 3.63) is 47.9 Å². The maximum absolute atomic E-state index is 12.9. The summed E-state index contributed by atoms with van der Waals surface area (Å²) in [7, 11) is 6.14. The van der Waals surface area contributed by atoms with Crippen molar-refractivity contribution >= 4 is 5.91 Å². The number of likely N-dealkylation sites (tertiary alicyclic amines) is 1. The Hall–Kier alpha value is -3.75. The van der Waals surface area contributed by atoms with Gasteiger partial charge in [-0.05, 0) is 24.3 Å². The van der Waals surface area contributed by atoms with Crippen LogP contribution in [-0.2, 0) is 0 Å². The Kier molecular flexibility index (Phi) is 5.66. The first-order chi connectivity index (χ1) is 15.1. The van der Waals surface area contributed by atoms with E-state index in [9.17, 15) is 4.79 Å². The summed E-state index contributed by atoms with van der Waals surface area (Å²) < 4.78 is 26.8. The maximum atomic E-state index is 12.9. The summed E-state index contributed by atoms with van der Waals surface area (Å²) in [6.07, 6.45) is 0. The van der Waals surface area contributed by atoms with Crippen molar-refractivity contribution in [2.24, 2.45) is 0 Å². The van der Waals surface area contributed by atoms with Gasteiger partial charge in [-0.1, -0.05) is 17.3 Å². The smallest absolute Gasteiger partial charge is 0.254 e. The first-order valence-electron chi connectivity index (χ1n) is 9.65. The molecule has 0 aliphatic carbocycles. The van der Waals surface area contributed by atoms with Crippen molar-refractivity contribution < 1.29 is 28.3 Å². The van der Waals surface area contributed by atoms with E-state index in [1.54, 1.807) is 24.1 Å². The fourth-order valence-corrected chi connectivity index (χ4v) is 3.53. The van der Waals surface area contributed by atoms with Gasteiger partial charge in [0.05, 0.1) is 39.9 Å². The number of carbonyl (C=O) groups excluding carboxylic acids is 1. The molecule has 0 spiro atoms. The van der Waals surface area contributed by atoms with Crippen LogP contribution >= 0.6 is 0 Å². The summed E-state index contributed by atoms with van der Waals surface area (Å²) >= 11 is 0. The van der Waals surface area contributed by atoms with Crippen LogP contribution < -0.4 is 18.9 Å². The number of methoxy groups -OCH3 is 4. The zero-order chi connectivity index (χ0) is 22.0. The monoisotopic (exact) mass is 425 g/mol. The predicted octanol–water partition coefficient (Wildman–Crippen LogP) is 3.01. The first kappa shape index (κ1) is 20.5. The number of nitrogens with zero attached hydrogens (tertiary/aromatic N) is 3. The molecule has 162 valence electrons. The third-order valence-corrected chi connectivity index (χ3v) is 5.22. The highest BCUT2D eigenvalue weighted by Crippen LogP contribution is 2.39. The molecule has 1 amide bonds. The summed E-state index contributed by atoms with van der Waals surface area (Å²) in [4.78, 5) is 19.2. The van der Waals surface area contributed by atoms with Crippen molar-refractivity contribution in [1.29, 1.82) is 0 Å². The van der Waals surface area contributed by atoms with E-state index in [1.165, 1.54) is 21.3 Å². The number of rotatable bonds is 7. The molecule has 9 heteroatoms. The second kappa shape index (κ2) is 8.55. The van der Waals surface area contributed by atoms with Crippen molar-refractivity contribution in [3.8, 4) is 34.4 Å². The molecule has 3 aromatic rings. The van der Waals surface area contributed by atoms with Gasteiger partial charge in [-0.25, -0.2) is 0 Å². The minimum atomic E-state index is -0.139. The standard InChI is InChI=1S/C22H23N3O6/c1-27-16-8-6-5-7-15(16)20-23-21(31-24-20)14-11-25(12-14)22(26)13-9-17(28-2)19(30-4)18(10-13)29-3/h5-10,14H,11-12H2,1-4H3. The Morgan fingerprint density at radius 3 is 2.23 bits per heavy atom. The van der Waals surface area contributed by atoms with E-state index >= 15 is 0 Å². The lowest BCUT2D eigenvalue weighted by atomic mass is 9.98. The number of aromatic nitrogens is 2. The third kappa shape index (κ3) is 3.74. The van der Waals surface area contributed by atoms with E-state index < -0.39 is 0 Å². The van der Waals surface area contributed by atoms with Crippen LogP contribution in [0.3, 0.4) is 0 Å². The first-order valence-corrected chi connectivity index (χ1v) is 9.65. The maximum Gasteiger partial charge on any atom is 0.254 e. The van der Waals surface area contributed by atoms with Gasteiger partial charge >= 0.3 is 0 Å². The zero-order valence-corrected chi connectivity index (χ0v) is 17.7. The number of amides is 1. The highest BCUT2D eigenvalue weighted by Gasteiger charge is 2.36. The second-order valence-corrected chi connectivity index (χ2v) is 6.98. The summed E-state index contributed by atoms with van der Waals surface area (Å²) in [5.41, 5.74) is 1.21. The van der Waals surface area contributed by atoms with Gasteiger partial charge in [-0.2, -0.15) is 4.98 Å². The van der Waals surface area contributed by atoms with E-state index in [0.717, 1.165) is 5.56 Å². The number of ether oxygens (including phenoxy) is 4. The summed E-state index contributed by atoms with van der Waals surface area (Å²) in [6.45, 7) is 0.950. The lowest BCUT2D eigenvalue weighted by Gasteiger charge is -2.37. The van der Waals surface area contributed by atoms with Crippen LogP contribution in [0.2, 0.25) is 0 Å². The molecule has 1 aliphatic heterocycles. The van der Waals surface area contributed by atoms with Crippen LogP contribution in [0.4, 0.5) is 0 Å². The molecule has 2 heterocycles. The van der Waals surface area contributed by atoms with Crippen LogP contribution in [0.25, 0.3) is 11.4 Å². The molecule has 4 rings (SSSR count). The normalized spacial score (nSPS) is 13.5.